The molecule has 1 fully saturated rings. The van der Waals surface area contributed by atoms with Gasteiger partial charge in [-0.25, -0.2) is 0 Å². The molecule has 1 aromatic heterocycles. The summed E-state index contributed by atoms with van der Waals surface area (Å²) in [6, 6.07) is 7.29. The lowest BCUT2D eigenvalue weighted by Gasteiger charge is -2.25. The highest BCUT2D eigenvalue weighted by molar-refractivity contribution is 5.69. The predicted octanol–water partition coefficient (Wildman–Crippen LogP) is 4.70. The monoisotopic (exact) mass is 338 g/mol. The minimum absolute atomic E-state index is 0.425. The van der Waals surface area contributed by atoms with Crippen LogP contribution in [0, 0.1) is 0 Å². The van der Waals surface area contributed by atoms with Gasteiger partial charge >= 0.3 is 6.18 Å². The molecule has 0 bridgehead atoms. The highest BCUT2D eigenvalue weighted by Crippen LogP contribution is 2.36. The minimum Gasteiger partial charge on any atom is -0.496 e. The molecule has 1 saturated heterocycles. The number of benzene rings is 1. The van der Waals surface area contributed by atoms with Crippen LogP contribution in [0.25, 0.3) is 11.3 Å². The number of aromatic nitrogens is 1. The molecule has 0 unspecified atom stereocenters. The molecule has 0 radical (unpaired) electrons. The molecule has 1 N–H and O–H groups in total. The van der Waals surface area contributed by atoms with E-state index in [1.807, 2.05) is 12.1 Å². The Kier molecular flexibility index (Phi) is 4.85. The number of hydrogen-bond donors (Lipinski definition) is 1. The number of aromatic amines is 1. The van der Waals surface area contributed by atoms with Crippen LogP contribution >= 0.6 is 0 Å². The maximum absolute atomic E-state index is 13.0. The number of nitrogens with one attached hydrogen (secondary N) is 1. The number of likely N-dealkylation sites (tertiary alicyclic amines) is 1. The number of halogens is 3. The Hall–Kier alpha value is -1.95. The van der Waals surface area contributed by atoms with E-state index in [2.05, 4.69) is 9.88 Å². The van der Waals surface area contributed by atoms with Gasteiger partial charge in [-0.05, 0) is 56.3 Å². The van der Waals surface area contributed by atoms with Crippen LogP contribution in [0.1, 0.15) is 30.5 Å². The summed E-state index contributed by atoms with van der Waals surface area (Å²) >= 11 is 0. The van der Waals surface area contributed by atoms with Gasteiger partial charge in [0.1, 0.15) is 5.75 Å². The normalized spacial score (nSPS) is 16.3. The first-order valence-corrected chi connectivity index (χ1v) is 8.13. The van der Waals surface area contributed by atoms with Crippen LogP contribution in [0.5, 0.6) is 5.75 Å². The van der Waals surface area contributed by atoms with E-state index < -0.39 is 11.7 Å². The van der Waals surface area contributed by atoms with Gasteiger partial charge in [0, 0.05) is 23.5 Å². The van der Waals surface area contributed by atoms with Crippen molar-refractivity contribution >= 4 is 0 Å². The van der Waals surface area contributed by atoms with Crippen molar-refractivity contribution in [3.05, 3.63) is 41.6 Å². The molecule has 0 saturated carbocycles. The molecule has 2 heterocycles. The average Bonchev–Trinajstić information content (AvgIpc) is 3.02. The zero-order valence-electron chi connectivity index (χ0n) is 13.6. The lowest BCUT2D eigenvalue weighted by Crippen LogP contribution is -2.29. The molecule has 0 spiro atoms. The molecule has 24 heavy (non-hydrogen) atoms. The number of H-pyrrole nitrogens is 1. The topological polar surface area (TPSA) is 28.3 Å². The van der Waals surface area contributed by atoms with E-state index in [9.17, 15) is 13.2 Å². The Morgan fingerprint density at radius 3 is 2.50 bits per heavy atom. The van der Waals surface area contributed by atoms with Crippen molar-refractivity contribution in [1.82, 2.24) is 9.88 Å². The van der Waals surface area contributed by atoms with Gasteiger partial charge in [-0.15, -0.1) is 0 Å². The largest absolute Gasteiger partial charge is 0.496 e. The smallest absolute Gasteiger partial charge is 0.416 e. The van der Waals surface area contributed by atoms with E-state index in [-0.39, 0.29) is 0 Å². The lowest BCUT2D eigenvalue weighted by molar-refractivity contribution is -0.137. The fourth-order valence-corrected chi connectivity index (χ4v) is 3.14. The fourth-order valence-electron chi connectivity index (χ4n) is 3.14. The van der Waals surface area contributed by atoms with Gasteiger partial charge in [0.2, 0.25) is 0 Å². The summed E-state index contributed by atoms with van der Waals surface area (Å²) in [7, 11) is 1.46. The first-order valence-electron chi connectivity index (χ1n) is 8.13. The number of hydrogen-bond acceptors (Lipinski definition) is 2. The van der Waals surface area contributed by atoms with E-state index >= 15 is 0 Å². The van der Waals surface area contributed by atoms with Crippen LogP contribution in [0.3, 0.4) is 0 Å². The van der Waals surface area contributed by atoms with Gasteiger partial charge in [0.25, 0.3) is 0 Å². The molecule has 130 valence electrons. The molecule has 3 nitrogen and oxygen atoms in total. The van der Waals surface area contributed by atoms with Crippen LogP contribution in [0.15, 0.2) is 30.3 Å². The fraction of sp³-hybridized carbons (Fsp3) is 0.444. The number of nitrogens with zero attached hydrogens (tertiary/aromatic N) is 1. The third-order valence-corrected chi connectivity index (χ3v) is 4.41. The van der Waals surface area contributed by atoms with Crippen LogP contribution < -0.4 is 4.74 Å². The number of alkyl halides is 3. The summed E-state index contributed by atoms with van der Waals surface area (Å²) < 4.78 is 44.2. The average molecular weight is 338 g/mol. The van der Waals surface area contributed by atoms with Crippen molar-refractivity contribution in [1.29, 1.82) is 0 Å². The Morgan fingerprint density at radius 2 is 1.83 bits per heavy atom. The van der Waals surface area contributed by atoms with Gasteiger partial charge in [0.05, 0.1) is 12.7 Å². The van der Waals surface area contributed by atoms with E-state index in [1.165, 1.54) is 32.4 Å². The summed E-state index contributed by atoms with van der Waals surface area (Å²) in [5, 5.41) is 0. The highest BCUT2D eigenvalue weighted by atomic mass is 19.4. The van der Waals surface area contributed by atoms with E-state index in [1.54, 1.807) is 0 Å². The highest BCUT2D eigenvalue weighted by Gasteiger charge is 2.31. The number of piperidine rings is 1. The van der Waals surface area contributed by atoms with Gasteiger partial charge in [-0.3, -0.25) is 4.90 Å². The first-order chi connectivity index (χ1) is 11.5. The van der Waals surface area contributed by atoms with E-state index in [0.29, 0.717) is 17.0 Å². The first kappa shape index (κ1) is 16.9. The summed E-state index contributed by atoms with van der Waals surface area (Å²) in [6.07, 6.45) is -0.692. The maximum atomic E-state index is 13.0. The van der Waals surface area contributed by atoms with Crippen LogP contribution in [0.4, 0.5) is 13.2 Å². The van der Waals surface area contributed by atoms with Gasteiger partial charge in [0.15, 0.2) is 0 Å². The van der Waals surface area contributed by atoms with Crippen molar-refractivity contribution in [3.8, 4) is 17.0 Å². The molecule has 1 aromatic carbocycles. The Morgan fingerprint density at radius 1 is 1.08 bits per heavy atom. The number of ether oxygens (including phenoxy) is 1. The lowest BCUT2D eigenvalue weighted by atomic mass is 10.1. The Balaban J connectivity index is 1.85. The van der Waals surface area contributed by atoms with Crippen molar-refractivity contribution in [2.45, 2.75) is 32.0 Å². The van der Waals surface area contributed by atoms with Crippen molar-refractivity contribution in [2.24, 2.45) is 0 Å². The second-order valence-electron chi connectivity index (χ2n) is 6.15. The van der Waals surface area contributed by atoms with E-state index in [0.717, 1.165) is 37.5 Å². The Bertz CT molecular complexity index is 688. The molecule has 2 aromatic rings. The molecule has 1 aliphatic heterocycles. The molecule has 3 rings (SSSR count). The zero-order chi connectivity index (χ0) is 17.2. The second-order valence-corrected chi connectivity index (χ2v) is 6.15. The standard InChI is InChI=1S/C18H21F3N2O/c1-24-17-8-5-13(18(19,20)21)11-15(17)16-7-6-14(22-16)12-23-9-3-2-4-10-23/h5-8,11,22H,2-4,9-10,12H2,1H3. The van der Waals surface area contributed by atoms with Gasteiger partial charge in [-0.1, -0.05) is 6.42 Å². The van der Waals surface area contributed by atoms with Crippen LogP contribution in [-0.4, -0.2) is 30.1 Å². The van der Waals surface area contributed by atoms with Crippen LogP contribution in [-0.2, 0) is 12.7 Å². The third-order valence-electron chi connectivity index (χ3n) is 4.41. The zero-order valence-corrected chi connectivity index (χ0v) is 13.6. The molecular formula is C18H21F3N2O. The molecule has 0 amide bonds. The predicted molar refractivity (Wildman–Crippen MR) is 86.9 cm³/mol. The molecule has 0 atom stereocenters. The summed E-state index contributed by atoms with van der Waals surface area (Å²) in [4.78, 5) is 5.60. The van der Waals surface area contributed by atoms with Crippen molar-refractivity contribution < 1.29 is 17.9 Å². The Labute approximate surface area is 139 Å². The van der Waals surface area contributed by atoms with Gasteiger partial charge < -0.3 is 9.72 Å². The molecule has 0 aliphatic carbocycles. The third kappa shape index (κ3) is 3.75. The van der Waals surface area contributed by atoms with Gasteiger partial charge in [-0.2, -0.15) is 13.2 Å². The quantitative estimate of drug-likeness (QED) is 0.875. The second kappa shape index (κ2) is 6.89. The minimum atomic E-state index is -4.37. The van der Waals surface area contributed by atoms with Crippen molar-refractivity contribution in [2.75, 3.05) is 20.2 Å². The maximum Gasteiger partial charge on any atom is 0.416 e. The SMILES string of the molecule is COc1ccc(C(F)(F)F)cc1-c1ccc(CN2CCCCC2)[nH]1. The number of rotatable bonds is 4. The molecular weight excluding hydrogens is 317 g/mol. The summed E-state index contributed by atoms with van der Waals surface area (Å²) in [5.74, 6) is 0.425. The van der Waals surface area contributed by atoms with E-state index in [4.69, 9.17) is 4.74 Å². The molecule has 1 aliphatic rings. The molecule has 6 heteroatoms. The van der Waals surface area contributed by atoms with Crippen molar-refractivity contribution in [3.63, 3.8) is 0 Å². The number of methoxy groups -OCH3 is 1. The van der Waals surface area contributed by atoms with Crippen LogP contribution in [0.2, 0.25) is 0 Å². The summed E-state index contributed by atoms with van der Waals surface area (Å²) in [5.41, 5.74) is 1.40. The summed E-state index contributed by atoms with van der Waals surface area (Å²) in [6.45, 7) is 2.93.